The van der Waals surface area contributed by atoms with Crippen LogP contribution in [0.2, 0.25) is 5.02 Å². The van der Waals surface area contributed by atoms with Crippen LogP contribution < -0.4 is 0 Å². The van der Waals surface area contributed by atoms with E-state index in [1.165, 1.54) is 0 Å². The smallest absolute Gasteiger partial charge is 0.149 e. The van der Waals surface area contributed by atoms with Gasteiger partial charge in [-0.15, -0.1) is 11.8 Å². The maximum Gasteiger partial charge on any atom is 0.149 e. The molecule has 1 atom stereocenters. The zero-order valence-corrected chi connectivity index (χ0v) is 16.8. The van der Waals surface area contributed by atoms with Crippen molar-refractivity contribution in [2.45, 2.75) is 30.5 Å². The van der Waals surface area contributed by atoms with Gasteiger partial charge in [0.2, 0.25) is 0 Å². The summed E-state index contributed by atoms with van der Waals surface area (Å²) in [6.07, 6.45) is 4.88. The fraction of sp³-hybridized carbons (Fsp3) is 0.182. The number of rotatable bonds is 5. The van der Waals surface area contributed by atoms with Gasteiger partial charge in [-0.2, -0.15) is 0 Å². The minimum absolute atomic E-state index is 0.487. The van der Waals surface area contributed by atoms with Crippen LogP contribution in [0.1, 0.15) is 20.3 Å². The molecule has 0 fully saturated rings. The van der Waals surface area contributed by atoms with E-state index in [2.05, 4.69) is 58.8 Å². The number of thioether (sulfide) groups is 1. The van der Waals surface area contributed by atoms with Crippen LogP contribution in [0.25, 0.3) is 27.8 Å². The minimum Gasteiger partial charge on any atom is -0.301 e. The molecule has 4 aromatic rings. The Morgan fingerprint density at radius 2 is 1.89 bits per heavy atom. The molecule has 2 aromatic carbocycles. The summed E-state index contributed by atoms with van der Waals surface area (Å²) in [5.74, 6) is 0. The maximum atomic E-state index is 6.24. The van der Waals surface area contributed by atoms with Gasteiger partial charge in [0.05, 0.1) is 5.39 Å². The first-order chi connectivity index (χ1) is 13.2. The number of nitrogens with zero attached hydrogens (tertiary/aromatic N) is 3. The molecule has 0 saturated carbocycles. The molecule has 5 heteroatoms. The molecular weight excluding hydrogens is 374 g/mol. The van der Waals surface area contributed by atoms with Gasteiger partial charge in [-0.1, -0.05) is 61.8 Å². The number of benzene rings is 2. The van der Waals surface area contributed by atoms with Crippen molar-refractivity contribution in [1.82, 2.24) is 14.5 Å². The van der Waals surface area contributed by atoms with Crippen LogP contribution in [0.3, 0.4) is 0 Å². The van der Waals surface area contributed by atoms with Gasteiger partial charge in [0.15, 0.2) is 0 Å². The Balaban J connectivity index is 2.00. The minimum atomic E-state index is 0.487. The van der Waals surface area contributed by atoms with Crippen molar-refractivity contribution in [2.75, 3.05) is 0 Å². The highest BCUT2D eigenvalue weighted by Gasteiger charge is 2.18. The van der Waals surface area contributed by atoms with Gasteiger partial charge in [0, 0.05) is 27.7 Å². The molecule has 4 rings (SSSR count). The molecule has 2 aromatic heterocycles. The second-order valence-corrected chi connectivity index (χ2v) is 8.34. The van der Waals surface area contributed by atoms with Gasteiger partial charge in [0.1, 0.15) is 17.0 Å². The van der Waals surface area contributed by atoms with E-state index < -0.39 is 0 Å². The summed E-state index contributed by atoms with van der Waals surface area (Å²) in [6, 6.07) is 18.2. The van der Waals surface area contributed by atoms with Gasteiger partial charge >= 0.3 is 0 Å². The fourth-order valence-electron chi connectivity index (χ4n) is 3.06. The summed E-state index contributed by atoms with van der Waals surface area (Å²) in [5.41, 5.74) is 4.19. The van der Waals surface area contributed by atoms with Crippen LogP contribution in [-0.2, 0) is 0 Å². The van der Waals surface area contributed by atoms with E-state index in [4.69, 9.17) is 11.6 Å². The van der Waals surface area contributed by atoms with Gasteiger partial charge in [-0.05, 0) is 30.2 Å². The average Bonchev–Trinajstić information content (AvgIpc) is 3.09. The molecule has 0 N–H and O–H groups in total. The Morgan fingerprint density at radius 3 is 2.63 bits per heavy atom. The summed E-state index contributed by atoms with van der Waals surface area (Å²) in [7, 11) is 0. The zero-order valence-electron chi connectivity index (χ0n) is 15.3. The number of hydrogen-bond acceptors (Lipinski definition) is 3. The molecule has 136 valence electrons. The van der Waals surface area contributed by atoms with Gasteiger partial charge in [-0.25, -0.2) is 9.97 Å². The summed E-state index contributed by atoms with van der Waals surface area (Å²) >= 11 is 8.04. The fourth-order valence-corrected chi connectivity index (χ4v) is 4.22. The molecule has 0 spiro atoms. The Morgan fingerprint density at radius 1 is 1.07 bits per heavy atom. The summed E-state index contributed by atoms with van der Waals surface area (Å²) in [5, 5.41) is 3.31. The molecule has 27 heavy (non-hydrogen) atoms. The molecule has 0 saturated heterocycles. The van der Waals surface area contributed by atoms with E-state index in [-0.39, 0.29) is 0 Å². The van der Waals surface area contributed by atoms with E-state index in [0.717, 1.165) is 39.3 Å². The summed E-state index contributed by atoms with van der Waals surface area (Å²) in [6.45, 7) is 4.43. The number of hydrogen-bond donors (Lipinski definition) is 0. The molecule has 2 heterocycles. The van der Waals surface area contributed by atoms with Crippen LogP contribution in [0.15, 0.2) is 72.1 Å². The summed E-state index contributed by atoms with van der Waals surface area (Å²) in [4.78, 5) is 9.24. The van der Waals surface area contributed by atoms with Crippen molar-refractivity contribution in [1.29, 1.82) is 0 Å². The van der Waals surface area contributed by atoms with Crippen LogP contribution in [0.4, 0.5) is 0 Å². The summed E-state index contributed by atoms with van der Waals surface area (Å²) < 4.78 is 2.10. The first-order valence-electron chi connectivity index (χ1n) is 9.01. The van der Waals surface area contributed by atoms with E-state index in [1.54, 1.807) is 18.1 Å². The lowest BCUT2D eigenvalue weighted by atomic mass is 10.1. The first kappa shape index (κ1) is 18.1. The molecule has 0 amide bonds. The van der Waals surface area contributed by atoms with Crippen molar-refractivity contribution in [3.8, 4) is 16.8 Å². The molecule has 0 aliphatic rings. The normalized spacial score (nSPS) is 12.4. The molecule has 0 aliphatic carbocycles. The first-order valence-corrected chi connectivity index (χ1v) is 10.3. The predicted molar refractivity (Wildman–Crippen MR) is 115 cm³/mol. The second-order valence-electron chi connectivity index (χ2n) is 6.47. The highest BCUT2D eigenvalue weighted by Crippen LogP contribution is 2.38. The number of halogens is 1. The predicted octanol–water partition coefficient (Wildman–Crippen LogP) is 6.63. The van der Waals surface area contributed by atoms with Crippen molar-refractivity contribution in [3.63, 3.8) is 0 Å². The number of fused-ring (bicyclic) bond motifs is 1. The van der Waals surface area contributed by atoms with Crippen LogP contribution >= 0.6 is 23.4 Å². The lowest BCUT2D eigenvalue weighted by Crippen LogP contribution is -1.97. The lowest BCUT2D eigenvalue weighted by Gasteiger charge is -2.10. The SMILES string of the molecule is CC[C@H](C)Sc1ncnc2c1c(-c1ccccc1)cn2-c1cccc(Cl)c1. The zero-order chi connectivity index (χ0) is 18.8. The quantitative estimate of drug-likeness (QED) is 0.281. The van der Waals surface area contributed by atoms with Crippen molar-refractivity contribution >= 4 is 34.4 Å². The third-order valence-electron chi connectivity index (χ3n) is 4.61. The highest BCUT2D eigenvalue weighted by molar-refractivity contribution is 8.00. The van der Waals surface area contributed by atoms with E-state index >= 15 is 0 Å². The van der Waals surface area contributed by atoms with Crippen LogP contribution in [0.5, 0.6) is 0 Å². The van der Waals surface area contributed by atoms with Crippen molar-refractivity contribution in [3.05, 3.63) is 72.1 Å². The molecule has 3 nitrogen and oxygen atoms in total. The monoisotopic (exact) mass is 393 g/mol. The third-order valence-corrected chi connectivity index (χ3v) is 6.11. The molecule has 0 aliphatic heterocycles. The van der Waals surface area contributed by atoms with E-state index in [0.29, 0.717) is 10.3 Å². The second kappa shape index (κ2) is 7.75. The number of aromatic nitrogens is 3. The maximum absolute atomic E-state index is 6.24. The molecule has 0 bridgehead atoms. The van der Waals surface area contributed by atoms with Gasteiger partial charge < -0.3 is 4.57 Å². The molecular formula is C22H20ClN3S. The molecule has 0 unspecified atom stereocenters. The molecule has 0 radical (unpaired) electrons. The largest absolute Gasteiger partial charge is 0.301 e. The van der Waals surface area contributed by atoms with Crippen molar-refractivity contribution in [2.24, 2.45) is 0 Å². The van der Waals surface area contributed by atoms with E-state index in [9.17, 15) is 0 Å². The lowest BCUT2D eigenvalue weighted by molar-refractivity contribution is 0.901. The van der Waals surface area contributed by atoms with Crippen LogP contribution in [-0.4, -0.2) is 19.8 Å². The standard InChI is InChI=1S/C22H20ClN3S/c1-3-15(2)27-22-20-19(16-8-5-4-6-9-16)13-26(21(20)24-14-25-22)18-11-7-10-17(23)12-18/h4-15H,3H2,1-2H3/t15-/m0/s1. The Hall–Kier alpha value is -2.30. The highest BCUT2D eigenvalue weighted by atomic mass is 35.5. The van der Waals surface area contributed by atoms with Gasteiger partial charge in [-0.3, -0.25) is 0 Å². The Bertz CT molecular complexity index is 1080. The van der Waals surface area contributed by atoms with E-state index in [1.807, 2.05) is 30.3 Å². The topological polar surface area (TPSA) is 30.7 Å². The van der Waals surface area contributed by atoms with Gasteiger partial charge in [0.25, 0.3) is 0 Å². The Kier molecular flexibility index (Phi) is 5.19. The van der Waals surface area contributed by atoms with Crippen molar-refractivity contribution < 1.29 is 0 Å². The average molecular weight is 394 g/mol. The third kappa shape index (κ3) is 3.60. The van der Waals surface area contributed by atoms with Crippen LogP contribution in [0, 0.1) is 0 Å². The Labute approximate surface area is 168 Å².